The average molecular weight is 262 g/mol. The number of nitrogens with two attached hydrogens (primary N) is 1. The van der Waals surface area contributed by atoms with E-state index in [1.165, 1.54) is 0 Å². The maximum atomic E-state index is 12.0. The molecule has 1 aromatic carbocycles. The van der Waals surface area contributed by atoms with Crippen LogP contribution in [0.15, 0.2) is 30.4 Å². The maximum Gasteiger partial charge on any atom is 0.231 e. The van der Waals surface area contributed by atoms with Gasteiger partial charge in [-0.1, -0.05) is 23.8 Å². The minimum Gasteiger partial charge on any atom is -0.324 e. The van der Waals surface area contributed by atoms with Crippen molar-refractivity contribution < 1.29 is 4.79 Å². The number of halogens is 1. The highest BCUT2D eigenvalue weighted by Gasteiger charge is 2.23. The Morgan fingerprint density at radius 3 is 2.89 bits per heavy atom. The number of carbonyl (C=O) groups excluding carboxylic acids is 1. The molecule has 0 saturated carbocycles. The van der Waals surface area contributed by atoms with Gasteiger partial charge in [0.2, 0.25) is 5.91 Å². The molecule has 3 N–H and O–H groups in total. The van der Waals surface area contributed by atoms with E-state index < -0.39 is 0 Å². The van der Waals surface area contributed by atoms with Crippen molar-refractivity contribution in [2.75, 3.05) is 5.32 Å². The summed E-state index contributed by atoms with van der Waals surface area (Å²) in [6.07, 6.45) is 4.19. The van der Waals surface area contributed by atoms with Gasteiger partial charge in [0.1, 0.15) is 6.07 Å². The van der Waals surface area contributed by atoms with E-state index >= 15 is 0 Å². The predicted octanol–water partition coefficient (Wildman–Crippen LogP) is 2.05. The average Bonchev–Trinajstić information content (AvgIpc) is 2.76. The first-order valence-electron chi connectivity index (χ1n) is 5.54. The smallest absolute Gasteiger partial charge is 0.231 e. The van der Waals surface area contributed by atoms with Crippen LogP contribution in [0.5, 0.6) is 0 Å². The van der Waals surface area contributed by atoms with E-state index in [1.807, 2.05) is 12.1 Å². The fourth-order valence-corrected chi connectivity index (χ4v) is 2.04. The zero-order chi connectivity index (χ0) is 13.1. The molecular weight excluding hydrogens is 250 g/mol. The zero-order valence-corrected chi connectivity index (χ0v) is 10.3. The maximum absolute atomic E-state index is 12.0. The molecule has 0 bridgehead atoms. The quantitative estimate of drug-likeness (QED) is 0.800. The van der Waals surface area contributed by atoms with Crippen LogP contribution < -0.4 is 11.1 Å². The van der Waals surface area contributed by atoms with Crippen molar-refractivity contribution in [2.45, 2.75) is 12.5 Å². The number of rotatable bonds is 2. The summed E-state index contributed by atoms with van der Waals surface area (Å²) in [6.45, 7) is 0. The summed E-state index contributed by atoms with van der Waals surface area (Å²) in [5.41, 5.74) is 6.52. The van der Waals surface area contributed by atoms with Crippen LogP contribution in [0.4, 0.5) is 5.69 Å². The number of benzene rings is 1. The van der Waals surface area contributed by atoms with Crippen LogP contribution in [0.1, 0.15) is 12.0 Å². The molecule has 0 radical (unpaired) electrons. The highest BCUT2D eigenvalue weighted by molar-refractivity contribution is 6.31. The molecule has 1 aromatic rings. The van der Waals surface area contributed by atoms with E-state index in [4.69, 9.17) is 22.6 Å². The molecule has 18 heavy (non-hydrogen) atoms. The van der Waals surface area contributed by atoms with Crippen LogP contribution in [-0.2, 0) is 4.79 Å². The Balaban J connectivity index is 2.15. The monoisotopic (exact) mass is 261 g/mol. The second kappa shape index (κ2) is 5.21. The second-order valence-electron chi connectivity index (χ2n) is 4.18. The molecule has 4 nitrogen and oxygen atoms in total. The van der Waals surface area contributed by atoms with Gasteiger partial charge in [-0.3, -0.25) is 4.79 Å². The minimum absolute atomic E-state index is 0.0736. The van der Waals surface area contributed by atoms with Crippen molar-refractivity contribution in [1.29, 1.82) is 5.26 Å². The first kappa shape index (κ1) is 12.6. The number of hydrogen-bond donors (Lipinski definition) is 2. The molecule has 2 rings (SSSR count). The molecule has 0 aromatic heterocycles. The number of carbonyl (C=O) groups is 1. The Morgan fingerprint density at radius 1 is 1.50 bits per heavy atom. The Labute approximate surface area is 110 Å². The summed E-state index contributed by atoms with van der Waals surface area (Å²) in [4.78, 5) is 12.0. The Kier molecular flexibility index (Phi) is 3.66. The van der Waals surface area contributed by atoms with E-state index in [-0.39, 0.29) is 17.9 Å². The van der Waals surface area contributed by atoms with Crippen LogP contribution >= 0.6 is 11.6 Å². The van der Waals surface area contributed by atoms with E-state index in [0.717, 1.165) is 0 Å². The summed E-state index contributed by atoms with van der Waals surface area (Å²) in [6, 6.07) is 6.69. The van der Waals surface area contributed by atoms with Crippen LogP contribution in [0, 0.1) is 17.2 Å². The molecular formula is C13H12ClN3O. The van der Waals surface area contributed by atoms with E-state index in [1.54, 1.807) is 24.3 Å². The topological polar surface area (TPSA) is 78.9 Å². The Hall–Kier alpha value is -1.83. The molecule has 0 aliphatic heterocycles. The molecule has 92 valence electrons. The zero-order valence-electron chi connectivity index (χ0n) is 9.56. The van der Waals surface area contributed by atoms with Gasteiger partial charge in [-0.25, -0.2) is 0 Å². The van der Waals surface area contributed by atoms with Crippen molar-refractivity contribution in [3.05, 3.63) is 40.9 Å². The molecule has 2 atom stereocenters. The third kappa shape index (κ3) is 2.70. The van der Waals surface area contributed by atoms with E-state index in [2.05, 4.69) is 5.32 Å². The van der Waals surface area contributed by atoms with Gasteiger partial charge < -0.3 is 11.1 Å². The fraction of sp³-hybridized carbons (Fsp3) is 0.231. The standard InChI is InChI=1S/C13H12ClN3O/c14-10-3-1-9(7-15)12(6-10)17-13(18)8-2-4-11(16)5-8/h1-4,6,8,11H,5,16H2,(H,17,18). The highest BCUT2D eigenvalue weighted by Crippen LogP contribution is 2.23. The van der Waals surface area contributed by atoms with Crippen LogP contribution in [-0.4, -0.2) is 11.9 Å². The summed E-state index contributed by atoms with van der Waals surface area (Å²) in [5, 5.41) is 12.1. The summed E-state index contributed by atoms with van der Waals surface area (Å²) < 4.78 is 0. The number of nitrogens with zero attached hydrogens (tertiary/aromatic N) is 1. The lowest BCUT2D eigenvalue weighted by Crippen LogP contribution is -2.24. The SMILES string of the molecule is N#Cc1ccc(Cl)cc1NC(=O)C1C=CC(N)C1. The molecule has 1 aliphatic rings. The minimum atomic E-state index is -0.245. The third-order valence-corrected chi connectivity index (χ3v) is 3.05. The number of nitrogens with one attached hydrogen (secondary N) is 1. The first-order chi connectivity index (χ1) is 8.60. The highest BCUT2D eigenvalue weighted by atomic mass is 35.5. The molecule has 0 spiro atoms. The lowest BCUT2D eigenvalue weighted by Gasteiger charge is -2.11. The van der Waals surface area contributed by atoms with Crippen molar-refractivity contribution in [1.82, 2.24) is 0 Å². The van der Waals surface area contributed by atoms with Crippen molar-refractivity contribution in [2.24, 2.45) is 11.7 Å². The van der Waals surface area contributed by atoms with Crippen LogP contribution in [0.2, 0.25) is 5.02 Å². The van der Waals surface area contributed by atoms with Gasteiger partial charge in [-0.2, -0.15) is 5.26 Å². The van der Waals surface area contributed by atoms with Gasteiger partial charge in [-0.05, 0) is 24.6 Å². The third-order valence-electron chi connectivity index (χ3n) is 2.81. The molecule has 0 heterocycles. The Morgan fingerprint density at radius 2 is 2.28 bits per heavy atom. The lowest BCUT2D eigenvalue weighted by atomic mass is 10.1. The fourth-order valence-electron chi connectivity index (χ4n) is 1.86. The number of nitriles is 1. The van der Waals surface area contributed by atoms with Gasteiger partial charge in [0.05, 0.1) is 17.2 Å². The lowest BCUT2D eigenvalue weighted by molar-refractivity contribution is -0.118. The summed E-state index contributed by atoms with van der Waals surface area (Å²) in [5.74, 6) is -0.413. The number of amides is 1. The molecule has 0 saturated heterocycles. The van der Waals surface area contributed by atoms with Gasteiger partial charge in [-0.15, -0.1) is 0 Å². The van der Waals surface area contributed by atoms with Crippen LogP contribution in [0.3, 0.4) is 0 Å². The van der Waals surface area contributed by atoms with Gasteiger partial charge in [0.15, 0.2) is 0 Å². The molecule has 2 unspecified atom stereocenters. The largest absolute Gasteiger partial charge is 0.324 e. The van der Waals surface area contributed by atoms with Crippen molar-refractivity contribution >= 4 is 23.2 Å². The number of anilines is 1. The molecule has 0 fully saturated rings. The number of hydrogen-bond acceptors (Lipinski definition) is 3. The summed E-state index contributed by atoms with van der Waals surface area (Å²) in [7, 11) is 0. The van der Waals surface area contributed by atoms with Crippen molar-refractivity contribution in [3.63, 3.8) is 0 Å². The van der Waals surface area contributed by atoms with Crippen LogP contribution in [0.25, 0.3) is 0 Å². The molecule has 1 aliphatic carbocycles. The van der Waals surface area contributed by atoms with Gasteiger partial charge in [0.25, 0.3) is 0 Å². The van der Waals surface area contributed by atoms with E-state index in [9.17, 15) is 4.79 Å². The predicted molar refractivity (Wildman–Crippen MR) is 70.0 cm³/mol. The molecule has 1 amide bonds. The molecule has 5 heteroatoms. The first-order valence-corrected chi connectivity index (χ1v) is 5.92. The van der Waals surface area contributed by atoms with Gasteiger partial charge >= 0.3 is 0 Å². The normalized spacial score (nSPS) is 21.6. The van der Waals surface area contributed by atoms with Gasteiger partial charge in [0, 0.05) is 11.1 Å². The Bertz CT molecular complexity index is 548. The van der Waals surface area contributed by atoms with E-state index in [0.29, 0.717) is 22.7 Å². The summed E-state index contributed by atoms with van der Waals surface area (Å²) >= 11 is 5.85. The second-order valence-corrected chi connectivity index (χ2v) is 4.62. The van der Waals surface area contributed by atoms with Crippen molar-refractivity contribution in [3.8, 4) is 6.07 Å².